The highest BCUT2D eigenvalue weighted by Gasteiger charge is 2.62. The van der Waals surface area contributed by atoms with Crippen molar-refractivity contribution in [2.24, 2.45) is 17.8 Å². The lowest BCUT2D eigenvalue weighted by molar-refractivity contribution is -0.0451. The van der Waals surface area contributed by atoms with Gasteiger partial charge in [0.1, 0.15) is 12.1 Å². The molecule has 31 heavy (non-hydrogen) atoms. The molecule has 4 nitrogen and oxygen atoms in total. The van der Waals surface area contributed by atoms with Crippen LogP contribution in [-0.4, -0.2) is 11.1 Å². The van der Waals surface area contributed by atoms with Gasteiger partial charge in [0, 0.05) is 17.0 Å². The van der Waals surface area contributed by atoms with E-state index in [2.05, 4.69) is 41.8 Å². The third kappa shape index (κ3) is 3.01. The van der Waals surface area contributed by atoms with E-state index in [-0.39, 0.29) is 11.1 Å². The standard InChI is InChI=1S/C27H30N4/c1-17-6-4-8-24(22(17)15-28)30-26-11-20-10-21(12-26)14-27(13-20,19(26)3)31-25-9-5-7-18(2)23(25)16-29/h4-9,19-21,30-31H,10-14H2,1-3H3. The largest absolute Gasteiger partial charge is 0.378 e. The van der Waals surface area contributed by atoms with Crippen LogP contribution >= 0.6 is 0 Å². The summed E-state index contributed by atoms with van der Waals surface area (Å²) in [5.74, 6) is 1.73. The number of nitrogens with one attached hydrogen (secondary N) is 2. The number of nitrogens with zero attached hydrogens (tertiary/aromatic N) is 2. The van der Waals surface area contributed by atoms with Gasteiger partial charge < -0.3 is 10.6 Å². The van der Waals surface area contributed by atoms with Gasteiger partial charge in [0.2, 0.25) is 0 Å². The van der Waals surface area contributed by atoms with E-state index in [0.717, 1.165) is 59.3 Å². The molecule has 2 aromatic carbocycles. The maximum atomic E-state index is 9.77. The van der Waals surface area contributed by atoms with Crippen molar-refractivity contribution in [3.8, 4) is 12.1 Å². The van der Waals surface area contributed by atoms with Gasteiger partial charge in [0.15, 0.2) is 0 Å². The first kappa shape index (κ1) is 20.0. The molecule has 4 saturated carbocycles. The molecule has 4 heteroatoms. The Morgan fingerprint density at radius 2 is 1.19 bits per heavy atom. The Labute approximate surface area is 185 Å². The predicted octanol–water partition coefficient (Wildman–Crippen LogP) is 5.91. The van der Waals surface area contributed by atoms with Crippen molar-refractivity contribution in [3.63, 3.8) is 0 Å². The maximum absolute atomic E-state index is 9.77. The van der Waals surface area contributed by atoms with Crippen LogP contribution in [-0.2, 0) is 0 Å². The average molecular weight is 411 g/mol. The van der Waals surface area contributed by atoms with Gasteiger partial charge in [-0.25, -0.2) is 0 Å². The summed E-state index contributed by atoms with van der Waals surface area (Å²) in [4.78, 5) is 0. The van der Waals surface area contributed by atoms with Crippen LogP contribution in [0.1, 0.15) is 61.3 Å². The molecule has 2 aromatic rings. The van der Waals surface area contributed by atoms with Gasteiger partial charge in [0.05, 0.1) is 22.5 Å². The number of aryl methyl sites for hydroxylation is 2. The molecular weight excluding hydrogens is 380 g/mol. The lowest BCUT2D eigenvalue weighted by Gasteiger charge is -2.66. The minimum atomic E-state index is -0.0207. The number of anilines is 2. The summed E-state index contributed by atoms with van der Waals surface area (Å²) in [7, 11) is 0. The Hall–Kier alpha value is -2.98. The summed E-state index contributed by atoms with van der Waals surface area (Å²) in [5.41, 5.74) is 5.47. The molecule has 4 aliphatic rings. The molecule has 158 valence electrons. The van der Waals surface area contributed by atoms with Crippen LogP contribution in [0.5, 0.6) is 0 Å². The second-order valence-electron chi connectivity index (χ2n) is 10.3. The Balaban J connectivity index is 1.54. The molecule has 0 spiro atoms. The number of hydrogen-bond acceptors (Lipinski definition) is 4. The van der Waals surface area contributed by atoms with E-state index >= 15 is 0 Å². The molecule has 0 radical (unpaired) electrons. The van der Waals surface area contributed by atoms with Gasteiger partial charge in [-0.1, -0.05) is 31.2 Å². The van der Waals surface area contributed by atoms with E-state index in [4.69, 9.17) is 0 Å². The molecule has 0 atom stereocenters. The van der Waals surface area contributed by atoms with Crippen LogP contribution < -0.4 is 10.6 Å². The highest BCUT2D eigenvalue weighted by Crippen LogP contribution is 2.62. The Morgan fingerprint density at radius 1 is 0.774 bits per heavy atom. The second kappa shape index (κ2) is 7.03. The van der Waals surface area contributed by atoms with Crippen molar-refractivity contribution < 1.29 is 0 Å². The first-order chi connectivity index (χ1) is 14.9. The number of rotatable bonds is 4. The summed E-state index contributed by atoms with van der Waals surface area (Å²) in [6.07, 6.45) is 5.94. The summed E-state index contributed by atoms with van der Waals surface area (Å²) in [6, 6.07) is 17.1. The van der Waals surface area contributed by atoms with Crippen LogP contribution in [0.2, 0.25) is 0 Å². The van der Waals surface area contributed by atoms with Gasteiger partial charge in [0.25, 0.3) is 0 Å². The first-order valence-electron chi connectivity index (χ1n) is 11.5. The van der Waals surface area contributed by atoms with E-state index in [9.17, 15) is 10.5 Å². The fraction of sp³-hybridized carbons (Fsp3) is 0.481. The van der Waals surface area contributed by atoms with Crippen molar-refractivity contribution in [1.29, 1.82) is 10.5 Å². The zero-order valence-corrected chi connectivity index (χ0v) is 18.6. The quantitative estimate of drug-likeness (QED) is 0.657. The summed E-state index contributed by atoms with van der Waals surface area (Å²) in [5, 5.41) is 27.4. The topological polar surface area (TPSA) is 71.6 Å². The molecule has 0 aliphatic heterocycles. The molecule has 0 amide bonds. The Morgan fingerprint density at radius 3 is 1.58 bits per heavy atom. The predicted molar refractivity (Wildman–Crippen MR) is 124 cm³/mol. The Kier molecular flexibility index (Phi) is 4.52. The van der Waals surface area contributed by atoms with Gasteiger partial charge >= 0.3 is 0 Å². The highest BCUT2D eigenvalue weighted by molar-refractivity contribution is 5.64. The molecule has 0 unspecified atom stereocenters. The van der Waals surface area contributed by atoms with Crippen molar-refractivity contribution in [2.45, 2.75) is 64.0 Å². The fourth-order valence-electron chi connectivity index (χ4n) is 7.21. The molecule has 0 saturated heterocycles. The van der Waals surface area contributed by atoms with E-state index in [1.807, 2.05) is 38.1 Å². The summed E-state index contributed by atoms with van der Waals surface area (Å²) in [6.45, 7) is 6.40. The van der Waals surface area contributed by atoms with Crippen LogP contribution in [0.3, 0.4) is 0 Å². The van der Waals surface area contributed by atoms with E-state index in [0.29, 0.717) is 17.8 Å². The van der Waals surface area contributed by atoms with Crippen molar-refractivity contribution >= 4 is 11.4 Å². The van der Waals surface area contributed by atoms with Crippen LogP contribution in [0.25, 0.3) is 0 Å². The van der Waals surface area contributed by atoms with Gasteiger partial charge in [-0.3, -0.25) is 0 Å². The summed E-state index contributed by atoms with van der Waals surface area (Å²) < 4.78 is 0. The van der Waals surface area contributed by atoms with Crippen LogP contribution in [0.15, 0.2) is 36.4 Å². The van der Waals surface area contributed by atoms with Gasteiger partial charge in [-0.05, 0) is 81.0 Å². The molecule has 6 rings (SSSR count). The zero-order chi connectivity index (χ0) is 21.8. The number of nitriles is 2. The highest BCUT2D eigenvalue weighted by atomic mass is 15.1. The Bertz CT molecular complexity index is 1020. The fourth-order valence-corrected chi connectivity index (χ4v) is 7.21. The first-order valence-corrected chi connectivity index (χ1v) is 11.5. The monoisotopic (exact) mass is 410 g/mol. The van der Waals surface area contributed by atoms with Crippen LogP contribution in [0, 0.1) is 54.3 Å². The molecule has 2 N–H and O–H groups in total. The maximum Gasteiger partial charge on any atom is 0.102 e. The number of hydrogen-bond donors (Lipinski definition) is 2. The van der Waals surface area contributed by atoms with Crippen LogP contribution in [0.4, 0.5) is 11.4 Å². The summed E-state index contributed by atoms with van der Waals surface area (Å²) >= 11 is 0. The second-order valence-corrected chi connectivity index (χ2v) is 10.3. The van der Waals surface area contributed by atoms with Gasteiger partial charge in [-0.2, -0.15) is 10.5 Å². The lowest BCUT2D eigenvalue weighted by atomic mass is 9.45. The third-order valence-corrected chi connectivity index (χ3v) is 8.47. The van der Waals surface area contributed by atoms with Crippen molar-refractivity contribution in [1.82, 2.24) is 0 Å². The van der Waals surface area contributed by atoms with Crippen molar-refractivity contribution in [3.05, 3.63) is 58.7 Å². The van der Waals surface area contributed by atoms with E-state index in [1.54, 1.807) is 0 Å². The van der Waals surface area contributed by atoms with E-state index < -0.39 is 0 Å². The SMILES string of the molecule is Cc1cccc(NC23CC4CC(C2)CC(Nc2cccc(C)c2C#N)(C4)C3C)c1C#N. The van der Waals surface area contributed by atoms with Gasteiger partial charge in [-0.15, -0.1) is 0 Å². The molecule has 0 heterocycles. The molecule has 4 fully saturated rings. The third-order valence-electron chi connectivity index (χ3n) is 8.47. The zero-order valence-electron chi connectivity index (χ0n) is 18.6. The minimum Gasteiger partial charge on any atom is -0.378 e. The van der Waals surface area contributed by atoms with Crippen molar-refractivity contribution in [2.75, 3.05) is 10.6 Å². The average Bonchev–Trinajstić information content (AvgIpc) is 2.72. The number of benzene rings is 2. The lowest BCUT2D eigenvalue weighted by Crippen LogP contribution is -2.70. The molecule has 4 bridgehead atoms. The molecule has 4 aliphatic carbocycles. The normalized spacial score (nSPS) is 32.9. The minimum absolute atomic E-state index is 0.0207. The molecule has 0 aromatic heterocycles. The molecular formula is C27H30N4. The smallest absolute Gasteiger partial charge is 0.102 e. The van der Waals surface area contributed by atoms with E-state index in [1.165, 1.54) is 6.42 Å².